The molecule has 1 aliphatic rings. The number of pyridine rings is 1. The van der Waals surface area contributed by atoms with Gasteiger partial charge in [-0.1, -0.05) is 6.07 Å². The summed E-state index contributed by atoms with van der Waals surface area (Å²) in [5.41, 5.74) is -0.307. The smallest absolute Gasteiger partial charge is 0.227 e. The van der Waals surface area contributed by atoms with Gasteiger partial charge in [0.25, 0.3) is 0 Å². The molecule has 1 amide bonds. The van der Waals surface area contributed by atoms with Crippen LogP contribution in [-0.2, 0) is 4.79 Å². The first-order valence-corrected chi connectivity index (χ1v) is 6.44. The zero-order chi connectivity index (χ0) is 12.5. The molecule has 17 heavy (non-hydrogen) atoms. The van der Waals surface area contributed by atoms with Gasteiger partial charge in [0.1, 0.15) is 10.4 Å². The van der Waals surface area contributed by atoms with Crippen LogP contribution in [0.15, 0.2) is 22.8 Å². The summed E-state index contributed by atoms with van der Waals surface area (Å²) < 4.78 is 0.823. The number of aromatic nitrogens is 1. The van der Waals surface area contributed by atoms with Gasteiger partial charge >= 0.3 is 0 Å². The Labute approximate surface area is 110 Å². The number of rotatable bonds is 2. The molecule has 1 atom stereocenters. The summed E-state index contributed by atoms with van der Waals surface area (Å²) in [4.78, 5) is 18.4. The molecule has 1 aliphatic heterocycles. The molecule has 92 valence electrons. The zero-order valence-electron chi connectivity index (χ0n) is 10.0. The molecule has 1 saturated heterocycles. The van der Waals surface area contributed by atoms with Crippen molar-refractivity contribution >= 4 is 27.7 Å². The third kappa shape index (κ3) is 2.44. The molecule has 1 N–H and O–H groups in total. The SMILES string of the molecule is CNC(=O)C1(C)CCN(c2cccc(Br)n2)C1. The molecule has 0 bridgehead atoms. The first-order valence-electron chi connectivity index (χ1n) is 5.65. The molecule has 0 saturated carbocycles. The molecule has 1 unspecified atom stereocenters. The summed E-state index contributed by atoms with van der Waals surface area (Å²) >= 11 is 3.36. The third-order valence-corrected chi connectivity index (χ3v) is 3.71. The Balaban J connectivity index is 2.15. The first kappa shape index (κ1) is 12.4. The molecule has 0 aliphatic carbocycles. The van der Waals surface area contributed by atoms with Gasteiger partial charge in [0, 0.05) is 20.1 Å². The Morgan fingerprint density at radius 1 is 1.59 bits per heavy atom. The Hall–Kier alpha value is -1.10. The molecule has 1 aromatic heterocycles. The number of carbonyl (C=O) groups excluding carboxylic acids is 1. The van der Waals surface area contributed by atoms with Gasteiger partial charge < -0.3 is 10.2 Å². The molecular formula is C12H16BrN3O. The maximum absolute atomic E-state index is 11.8. The molecule has 2 rings (SSSR count). The second kappa shape index (κ2) is 4.64. The van der Waals surface area contributed by atoms with Gasteiger partial charge in [-0.25, -0.2) is 4.98 Å². The molecule has 4 nitrogen and oxygen atoms in total. The van der Waals surface area contributed by atoms with Crippen molar-refractivity contribution in [2.75, 3.05) is 25.0 Å². The number of hydrogen-bond acceptors (Lipinski definition) is 3. The van der Waals surface area contributed by atoms with Crippen molar-refractivity contribution in [1.29, 1.82) is 0 Å². The number of nitrogens with zero attached hydrogens (tertiary/aromatic N) is 2. The van der Waals surface area contributed by atoms with E-state index in [9.17, 15) is 4.79 Å². The lowest BCUT2D eigenvalue weighted by molar-refractivity contribution is -0.128. The number of anilines is 1. The van der Waals surface area contributed by atoms with Crippen molar-refractivity contribution in [3.63, 3.8) is 0 Å². The average Bonchev–Trinajstić information content (AvgIpc) is 2.72. The van der Waals surface area contributed by atoms with E-state index in [1.807, 2.05) is 25.1 Å². The zero-order valence-corrected chi connectivity index (χ0v) is 11.6. The van der Waals surface area contributed by atoms with Crippen LogP contribution in [0.4, 0.5) is 5.82 Å². The standard InChI is InChI=1S/C12H16BrN3O/c1-12(11(17)14-2)6-7-16(8-12)10-5-3-4-9(13)15-10/h3-5H,6-8H2,1-2H3,(H,14,17). The van der Waals surface area contributed by atoms with Crippen molar-refractivity contribution < 1.29 is 4.79 Å². The second-order valence-electron chi connectivity index (χ2n) is 4.63. The van der Waals surface area contributed by atoms with Gasteiger partial charge in [0.2, 0.25) is 5.91 Å². The van der Waals surface area contributed by atoms with E-state index in [2.05, 4.69) is 31.1 Å². The average molecular weight is 298 g/mol. The third-order valence-electron chi connectivity index (χ3n) is 3.27. The number of halogens is 1. The minimum Gasteiger partial charge on any atom is -0.359 e. The minimum atomic E-state index is -0.307. The predicted octanol–water partition coefficient (Wildman–Crippen LogP) is 1.81. The lowest BCUT2D eigenvalue weighted by Crippen LogP contribution is -2.39. The highest BCUT2D eigenvalue weighted by Crippen LogP contribution is 2.32. The van der Waals surface area contributed by atoms with Crippen LogP contribution < -0.4 is 10.2 Å². The van der Waals surface area contributed by atoms with E-state index in [1.165, 1.54) is 0 Å². The number of hydrogen-bond donors (Lipinski definition) is 1. The molecule has 5 heteroatoms. The van der Waals surface area contributed by atoms with Crippen LogP contribution in [0.3, 0.4) is 0 Å². The number of carbonyl (C=O) groups is 1. The summed E-state index contributed by atoms with van der Waals surface area (Å²) in [6.07, 6.45) is 0.862. The highest BCUT2D eigenvalue weighted by atomic mass is 79.9. The number of nitrogens with one attached hydrogen (secondary N) is 1. The quantitative estimate of drug-likeness (QED) is 0.847. The van der Waals surface area contributed by atoms with Gasteiger partial charge in [0.05, 0.1) is 5.41 Å². The fourth-order valence-electron chi connectivity index (χ4n) is 2.22. The topological polar surface area (TPSA) is 45.2 Å². The fourth-order valence-corrected chi connectivity index (χ4v) is 2.55. The van der Waals surface area contributed by atoms with Gasteiger partial charge in [-0.3, -0.25) is 4.79 Å². The van der Waals surface area contributed by atoms with E-state index in [0.29, 0.717) is 0 Å². The minimum absolute atomic E-state index is 0.106. The summed E-state index contributed by atoms with van der Waals surface area (Å²) in [5.74, 6) is 1.03. The van der Waals surface area contributed by atoms with Crippen LogP contribution in [0, 0.1) is 5.41 Å². The normalized spacial score (nSPS) is 23.8. The van der Waals surface area contributed by atoms with E-state index < -0.39 is 0 Å². The lowest BCUT2D eigenvalue weighted by Gasteiger charge is -2.23. The van der Waals surface area contributed by atoms with Crippen LogP contribution in [0.1, 0.15) is 13.3 Å². The van der Waals surface area contributed by atoms with Crippen molar-refractivity contribution in [3.05, 3.63) is 22.8 Å². The Kier molecular flexibility index (Phi) is 3.38. The molecule has 0 radical (unpaired) electrons. The second-order valence-corrected chi connectivity index (χ2v) is 5.44. The van der Waals surface area contributed by atoms with E-state index in [0.717, 1.165) is 29.9 Å². The molecule has 2 heterocycles. The highest BCUT2D eigenvalue weighted by molar-refractivity contribution is 9.10. The highest BCUT2D eigenvalue weighted by Gasteiger charge is 2.40. The molecule has 0 aromatic carbocycles. The molecule has 0 spiro atoms. The van der Waals surface area contributed by atoms with Crippen molar-refractivity contribution in [2.24, 2.45) is 5.41 Å². The lowest BCUT2D eigenvalue weighted by atomic mass is 9.89. The summed E-state index contributed by atoms with van der Waals surface area (Å²) in [5, 5.41) is 2.74. The van der Waals surface area contributed by atoms with Crippen LogP contribution in [0.5, 0.6) is 0 Å². The Bertz CT molecular complexity index is 438. The molecule has 1 fully saturated rings. The van der Waals surface area contributed by atoms with Crippen molar-refractivity contribution in [3.8, 4) is 0 Å². The van der Waals surface area contributed by atoms with Crippen LogP contribution in [0.2, 0.25) is 0 Å². The van der Waals surface area contributed by atoms with Gasteiger partial charge in [-0.2, -0.15) is 0 Å². The molecular weight excluding hydrogens is 282 g/mol. The van der Waals surface area contributed by atoms with Crippen LogP contribution in [0.25, 0.3) is 0 Å². The Morgan fingerprint density at radius 2 is 2.35 bits per heavy atom. The van der Waals surface area contributed by atoms with E-state index in [1.54, 1.807) is 7.05 Å². The first-order chi connectivity index (χ1) is 8.05. The van der Waals surface area contributed by atoms with Gasteiger partial charge in [-0.05, 0) is 41.4 Å². The predicted molar refractivity (Wildman–Crippen MR) is 70.9 cm³/mol. The van der Waals surface area contributed by atoms with Crippen LogP contribution >= 0.6 is 15.9 Å². The largest absolute Gasteiger partial charge is 0.359 e. The maximum Gasteiger partial charge on any atom is 0.227 e. The van der Waals surface area contributed by atoms with Crippen molar-refractivity contribution in [1.82, 2.24) is 10.3 Å². The van der Waals surface area contributed by atoms with Gasteiger partial charge in [0.15, 0.2) is 0 Å². The summed E-state index contributed by atoms with van der Waals surface area (Å²) in [7, 11) is 1.69. The van der Waals surface area contributed by atoms with Crippen molar-refractivity contribution in [2.45, 2.75) is 13.3 Å². The van der Waals surface area contributed by atoms with E-state index >= 15 is 0 Å². The fraction of sp³-hybridized carbons (Fsp3) is 0.500. The van der Waals surface area contributed by atoms with E-state index in [4.69, 9.17) is 0 Å². The Morgan fingerprint density at radius 3 is 3.00 bits per heavy atom. The monoisotopic (exact) mass is 297 g/mol. The summed E-state index contributed by atoms with van der Waals surface area (Å²) in [6, 6.07) is 5.83. The van der Waals surface area contributed by atoms with E-state index in [-0.39, 0.29) is 11.3 Å². The molecule has 1 aromatic rings. The summed E-state index contributed by atoms with van der Waals surface area (Å²) in [6.45, 7) is 3.59. The van der Waals surface area contributed by atoms with Gasteiger partial charge in [-0.15, -0.1) is 0 Å². The van der Waals surface area contributed by atoms with Crippen LogP contribution in [-0.4, -0.2) is 31.0 Å². The maximum atomic E-state index is 11.8. The number of amides is 1.